The van der Waals surface area contributed by atoms with Crippen LogP contribution in [0.2, 0.25) is 0 Å². The molecule has 1 atom stereocenters. The number of carboxylic acids is 1. The van der Waals surface area contributed by atoms with E-state index < -0.39 is 18.1 Å². The molecule has 0 aromatic heterocycles. The van der Waals surface area contributed by atoms with Crippen LogP contribution in [-0.4, -0.2) is 23.2 Å². The molecule has 0 heterocycles. The van der Waals surface area contributed by atoms with Gasteiger partial charge < -0.3 is 15.2 Å². The Balaban J connectivity index is 1.95. The molecule has 1 amide bonds. The first-order valence-corrected chi connectivity index (χ1v) is 6.20. The van der Waals surface area contributed by atoms with Crippen LogP contribution in [0, 0.1) is 0 Å². The van der Waals surface area contributed by atoms with Gasteiger partial charge in [0.1, 0.15) is 12.6 Å². The Bertz CT molecular complexity index is 639. The van der Waals surface area contributed by atoms with Crippen LogP contribution in [0.5, 0.6) is 0 Å². The molecule has 2 N–H and O–H groups in total. The normalized spacial score (nSPS) is 11.8. The Morgan fingerprint density at radius 3 is 2.60 bits per heavy atom. The van der Waals surface area contributed by atoms with Crippen LogP contribution in [0.25, 0.3) is 10.8 Å². The Morgan fingerprint density at radius 1 is 1.20 bits per heavy atom. The zero-order chi connectivity index (χ0) is 14.5. The van der Waals surface area contributed by atoms with Gasteiger partial charge in [-0.2, -0.15) is 0 Å². The molecule has 0 spiro atoms. The van der Waals surface area contributed by atoms with Crippen molar-refractivity contribution in [3.8, 4) is 0 Å². The van der Waals surface area contributed by atoms with Crippen LogP contribution in [0.1, 0.15) is 12.5 Å². The second-order valence-electron chi connectivity index (χ2n) is 4.46. The highest BCUT2D eigenvalue weighted by Gasteiger charge is 2.14. The SMILES string of the molecule is C[C@H](NC(=O)OCc1ccc2ccccc2c1)C(=O)O. The Labute approximate surface area is 116 Å². The van der Waals surface area contributed by atoms with E-state index in [1.165, 1.54) is 6.92 Å². The molecule has 0 radical (unpaired) electrons. The van der Waals surface area contributed by atoms with Crippen molar-refractivity contribution in [1.82, 2.24) is 5.32 Å². The Morgan fingerprint density at radius 2 is 1.90 bits per heavy atom. The summed E-state index contributed by atoms with van der Waals surface area (Å²) in [5.74, 6) is -1.10. The van der Waals surface area contributed by atoms with Crippen molar-refractivity contribution < 1.29 is 19.4 Å². The molecule has 0 bridgehead atoms. The van der Waals surface area contributed by atoms with Gasteiger partial charge in [-0.3, -0.25) is 4.79 Å². The quantitative estimate of drug-likeness (QED) is 0.897. The monoisotopic (exact) mass is 273 g/mol. The molecular formula is C15H15NO4. The molecule has 0 aliphatic rings. The second-order valence-corrected chi connectivity index (χ2v) is 4.46. The molecule has 2 aromatic carbocycles. The average molecular weight is 273 g/mol. The fraction of sp³-hybridized carbons (Fsp3) is 0.200. The van der Waals surface area contributed by atoms with Gasteiger partial charge in [0.25, 0.3) is 0 Å². The van der Waals surface area contributed by atoms with Crippen LogP contribution in [0.15, 0.2) is 42.5 Å². The minimum atomic E-state index is -1.10. The lowest BCUT2D eigenvalue weighted by Crippen LogP contribution is -2.38. The smallest absolute Gasteiger partial charge is 0.408 e. The molecule has 2 aromatic rings. The summed E-state index contributed by atoms with van der Waals surface area (Å²) >= 11 is 0. The molecule has 5 nitrogen and oxygen atoms in total. The van der Waals surface area contributed by atoms with Crippen LogP contribution in [0.4, 0.5) is 4.79 Å². The van der Waals surface area contributed by atoms with Gasteiger partial charge in [-0.25, -0.2) is 4.79 Å². The Hall–Kier alpha value is -2.56. The molecule has 2 rings (SSSR count). The highest BCUT2D eigenvalue weighted by molar-refractivity contribution is 5.83. The van der Waals surface area contributed by atoms with E-state index in [4.69, 9.17) is 9.84 Å². The van der Waals surface area contributed by atoms with Crippen molar-refractivity contribution in [3.05, 3.63) is 48.0 Å². The van der Waals surface area contributed by atoms with Crippen LogP contribution >= 0.6 is 0 Å². The average Bonchev–Trinajstić information content (AvgIpc) is 2.44. The number of nitrogens with one attached hydrogen (secondary N) is 1. The van der Waals surface area contributed by atoms with Crippen LogP contribution in [-0.2, 0) is 16.1 Å². The summed E-state index contributed by atoms with van der Waals surface area (Å²) < 4.78 is 4.98. The van der Waals surface area contributed by atoms with E-state index >= 15 is 0 Å². The number of fused-ring (bicyclic) bond motifs is 1. The van der Waals surface area contributed by atoms with Gasteiger partial charge in [-0.1, -0.05) is 36.4 Å². The number of carbonyl (C=O) groups is 2. The summed E-state index contributed by atoms with van der Waals surface area (Å²) in [6.07, 6.45) is -0.743. The van der Waals surface area contributed by atoms with Gasteiger partial charge in [0.15, 0.2) is 0 Å². The molecule has 0 fully saturated rings. The number of carbonyl (C=O) groups excluding carboxylic acids is 1. The van der Waals surface area contributed by atoms with E-state index in [1.807, 2.05) is 42.5 Å². The summed E-state index contributed by atoms with van der Waals surface area (Å²) in [7, 11) is 0. The zero-order valence-corrected chi connectivity index (χ0v) is 11.0. The number of alkyl carbamates (subject to hydrolysis) is 1. The number of hydrogen-bond acceptors (Lipinski definition) is 3. The molecule has 20 heavy (non-hydrogen) atoms. The summed E-state index contributed by atoms with van der Waals surface area (Å²) in [6, 6.07) is 12.7. The van der Waals surface area contributed by atoms with E-state index in [1.54, 1.807) is 0 Å². The molecule has 104 valence electrons. The number of rotatable bonds is 4. The summed E-state index contributed by atoms with van der Waals surface area (Å²) in [4.78, 5) is 22.0. The minimum absolute atomic E-state index is 0.100. The predicted molar refractivity (Wildman–Crippen MR) is 74.4 cm³/mol. The van der Waals surface area contributed by atoms with E-state index in [9.17, 15) is 9.59 Å². The van der Waals surface area contributed by atoms with Crippen molar-refractivity contribution in [2.75, 3.05) is 0 Å². The lowest BCUT2D eigenvalue weighted by Gasteiger charge is -2.10. The predicted octanol–water partition coefficient (Wildman–Crippen LogP) is 2.54. The van der Waals surface area contributed by atoms with Crippen molar-refractivity contribution in [2.45, 2.75) is 19.6 Å². The number of aliphatic carboxylic acids is 1. The maximum atomic E-state index is 11.4. The number of benzene rings is 2. The van der Waals surface area contributed by atoms with Gasteiger partial charge in [0, 0.05) is 0 Å². The summed E-state index contributed by atoms with van der Waals surface area (Å²) in [6.45, 7) is 1.47. The lowest BCUT2D eigenvalue weighted by molar-refractivity contribution is -0.138. The van der Waals surface area contributed by atoms with Crippen LogP contribution in [0.3, 0.4) is 0 Å². The number of amides is 1. The van der Waals surface area contributed by atoms with E-state index in [2.05, 4.69) is 5.32 Å². The van der Waals surface area contributed by atoms with Gasteiger partial charge in [0.05, 0.1) is 0 Å². The van der Waals surface area contributed by atoms with E-state index in [0.29, 0.717) is 0 Å². The Kier molecular flexibility index (Phi) is 4.20. The molecule has 0 unspecified atom stereocenters. The number of carboxylic acid groups (broad SMARTS) is 1. The fourth-order valence-electron chi connectivity index (χ4n) is 1.76. The molecule has 0 saturated carbocycles. The van der Waals surface area contributed by atoms with Crippen molar-refractivity contribution in [1.29, 1.82) is 0 Å². The largest absolute Gasteiger partial charge is 0.480 e. The lowest BCUT2D eigenvalue weighted by atomic mass is 10.1. The van der Waals surface area contributed by atoms with Gasteiger partial charge in [-0.05, 0) is 29.3 Å². The summed E-state index contributed by atoms with van der Waals surface area (Å²) in [5.41, 5.74) is 0.849. The topological polar surface area (TPSA) is 75.6 Å². The minimum Gasteiger partial charge on any atom is -0.480 e. The first-order chi connectivity index (χ1) is 9.56. The third-order valence-corrected chi connectivity index (χ3v) is 2.89. The maximum absolute atomic E-state index is 11.4. The summed E-state index contributed by atoms with van der Waals surface area (Å²) in [5, 5.41) is 13.1. The fourth-order valence-corrected chi connectivity index (χ4v) is 1.76. The van der Waals surface area contributed by atoms with E-state index in [0.717, 1.165) is 16.3 Å². The highest BCUT2D eigenvalue weighted by atomic mass is 16.5. The third kappa shape index (κ3) is 3.47. The van der Waals surface area contributed by atoms with Crippen molar-refractivity contribution >= 4 is 22.8 Å². The first kappa shape index (κ1) is 13.9. The highest BCUT2D eigenvalue weighted by Crippen LogP contribution is 2.16. The molecule has 0 aliphatic heterocycles. The van der Waals surface area contributed by atoms with Crippen molar-refractivity contribution in [3.63, 3.8) is 0 Å². The third-order valence-electron chi connectivity index (χ3n) is 2.89. The zero-order valence-electron chi connectivity index (χ0n) is 11.0. The van der Waals surface area contributed by atoms with Gasteiger partial charge >= 0.3 is 12.1 Å². The van der Waals surface area contributed by atoms with E-state index in [-0.39, 0.29) is 6.61 Å². The maximum Gasteiger partial charge on any atom is 0.408 e. The van der Waals surface area contributed by atoms with Gasteiger partial charge in [-0.15, -0.1) is 0 Å². The van der Waals surface area contributed by atoms with Crippen molar-refractivity contribution in [2.24, 2.45) is 0 Å². The standard InChI is InChI=1S/C15H15NO4/c1-10(14(17)18)16-15(19)20-9-11-6-7-12-4-2-3-5-13(12)8-11/h2-8,10H,9H2,1H3,(H,16,19)(H,17,18)/t10-/m0/s1. The second kappa shape index (κ2) is 6.06. The molecule has 0 aliphatic carbocycles. The number of hydrogen-bond donors (Lipinski definition) is 2. The molecule has 0 saturated heterocycles. The number of ether oxygens (including phenoxy) is 1. The van der Waals surface area contributed by atoms with Crippen LogP contribution < -0.4 is 5.32 Å². The molecule has 5 heteroatoms. The first-order valence-electron chi connectivity index (χ1n) is 6.20. The molecular weight excluding hydrogens is 258 g/mol. The van der Waals surface area contributed by atoms with Gasteiger partial charge in [0.2, 0.25) is 0 Å².